The van der Waals surface area contributed by atoms with Gasteiger partial charge in [-0.15, -0.1) is 0 Å². The number of carbonyl (C=O) groups is 2. The van der Waals surface area contributed by atoms with Crippen LogP contribution in [0.15, 0.2) is 79.1 Å². The van der Waals surface area contributed by atoms with Crippen LogP contribution in [0.5, 0.6) is 0 Å². The Morgan fingerprint density at radius 2 is 1.87 bits per heavy atom. The van der Waals surface area contributed by atoms with Crippen molar-refractivity contribution in [3.05, 3.63) is 90.3 Å². The molecule has 0 bridgehead atoms. The van der Waals surface area contributed by atoms with Gasteiger partial charge in [-0.1, -0.05) is 36.4 Å². The van der Waals surface area contributed by atoms with Crippen molar-refractivity contribution in [2.24, 2.45) is 0 Å². The summed E-state index contributed by atoms with van der Waals surface area (Å²) in [6, 6.07) is 18.8. The van der Waals surface area contributed by atoms with Crippen molar-refractivity contribution in [3.8, 4) is 11.1 Å². The molecule has 31 heavy (non-hydrogen) atoms. The minimum absolute atomic E-state index is 0.197. The molecule has 3 aromatic rings. The molecule has 0 spiro atoms. The second kappa shape index (κ2) is 9.23. The van der Waals surface area contributed by atoms with Crippen LogP contribution in [0, 0.1) is 0 Å². The summed E-state index contributed by atoms with van der Waals surface area (Å²) in [5.74, 6) is -0.578. The van der Waals surface area contributed by atoms with E-state index in [-0.39, 0.29) is 18.3 Å². The van der Waals surface area contributed by atoms with Crippen LogP contribution in [0.3, 0.4) is 0 Å². The van der Waals surface area contributed by atoms with Gasteiger partial charge in [0.25, 0.3) is 5.91 Å². The fourth-order valence-corrected chi connectivity index (χ4v) is 3.28. The summed E-state index contributed by atoms with van der Waals surface area (Å²) in [5, 5.41) is 2.85. The van der Waals surface area contributed by atoms with Gasteiger partial charge in [0.2, 0.25) is 0 Å². The first-order chi connectivity index (χ1) is 15.1. The van der Waals surface area contributed by atoms with Crippen LogP contribution in [-0.4, -0.2) is 30.1 Å². The highest BCUT2D eigenvalue weighted by molar-refractivity contribution is 5.97. The number of nitrogens with one attached hydrogen (secondary N) is 2. The number of aromatic nitrogens is 1. The number of esters is 1. The normalized spacial score (nSPS) is 15.0. The van der Waals surface area contributed by atoms with Crippen molar-refractivity contribution in [3.63, 3.8) is 0 Å². The van der Waals surface area contributed by atoms with E-state index in [4.69, 9.17) is 9.57 Å². The standard InChI is InChI=1S/C24H21N3O4/c1-30-23(28)13-17-5-2-3-7-20(17)16-8-10-19(11-9-16)26-24(29)22-14-21(27-31-22)18-6-4-12-25-15-18/h2-12,14-15,22,27H,13H2,1H3,(H,26,29). The Balaban J connectivity index is 1.45. The molecule has 1 aromatic heterocycles. The van der Waals surface area contributed by atoms with E-state index in [1.54, 1.807) is 18.5 Å². The molecule has 2 N–H and O–H groups in total. The Labute approximate surface area is 179 Å². The lowest BCUT2D eigenvalue weighted by molar-refractivity contribution is -0.139. The molecule has 1 atom stereocenters. The first-order valence-corrected chi connectivity index (χ1v) is 9.74. The maximum atomic E-state index is 12.6. The maximum absolute atomic E-state index is 12.6. The monoisotopic (exact) mass is 415 g/mol. The molecule has 2 heterocycles. The third-order valence-corrected chi connectivity index (χ3v) is 4.89. The Morgan fingerprint density at radius 1 is 1.06 bits per heavy atom. The fourth-order valence-electron chi connectivity index (χ4n) is 3.28. The second-order valence-electron chi connectivity index (χ2n) is 6.94. The van der Waals surface area contributed by atoms with Gasteiger partial charge in [0.05, 0.1) is 19.2 Å². The van der Waals surface area contributed by atoms with Crippen molar-refractivity contribution in [2.75, 3.05) is 12.4 Å². The topological polar surface area (TPSA) is 89.5 Å². The molecule has 0 saturated heterocycles. The number of ether oxygens (including phenoxy) is 1. The van der Waals surface area contributed by atoms with Gasteiger partial charge >= 0.3 is 5.97 Å². The van der Waals surface area contributed by atoms with E-state index in [0.717, 1.165) is 22.3 Å². The summed E-state index contributed by atoms with van der Waals surface area (Å²) >= 11 is 0. The van der Waals surface area contributed by atoms with E-state index in [1.807, 2.05) is 60.7 Å². The van der Waals surface area contributed by atoms with Crippen molar-refractivity contribution in [1.82, 2.24) is 10.5 Å². The molecule has 0 radical (unpaired) electrons. The number of hydrogen-bond donors (Lipinski definition) is 2. The molecule has 1 aliphatic heterocycles. The summed E-state index contributed by atoms with van der Waals surface area (Å²) in [6.07, 6.45) is 4.53. The summed E-state index contributed by atoms with van der Waals surface area (Å²) in [5.41, 5.74) is 7.72. The van der Waals surface area contributed by atoms with E-state index in [0.29, 0.717) is 11.4 Å². The van der Waals surface area contributed by atoms with Crippen molar-refractivity contribution in [2.45, 2.75) is 12.5 Å². The molecule has 0 fully saturated rings. The highest BCUT2D eigenvalue weighted by Crippen LogP contribution is 2.26. The van der Waals surface area contributed by atoms with Crippen LogP contribution in [0.4, 0.5) is 5.69 Å². The minimum Gasteiger partial charge on any atom is -0.469 e. The fraction of sp³-hybridized carbons (Fsp3) is 0.125. The summed E-state index contributed by atoms with van der Waals surface area (Å²) < 4.78 is 4.78. The number of hydrogen-bond acceptors (Lipinski definition) is 6. The smallest absolute Gasteiger partial charge is 0.309 e. The van der Waals surface area contributed by atoms with Crippen LogP contribution in [-0.2, 0) is 25.6 Å². The predicted molar refractivity (Wildman–Crippen MR) is 116 cm³/mol. The first kappa shape index (κ1) is 20.3. The number of benzene rings is 2. The zero-order chi connectivity index (χ0) is 21.6. The Morgan fingerprint density at radius 3 is 2.61 bits per heavy atom. The van der Waals surface area contributed by atoms with E-state index in [1.165, 1.54) is 7.11 Å². The highest BCUT2D eigenvalue weighted by Gasteiger charge is 2.24. The van der Waals surface area contributed by atoms with Gasteiger partial charge in [0.1, 0.15) is 0 Å². The van der Waals surface area contributed by atoms with Crippen LogP contribution in [0.1, 0.15) is 11.1 Å². The molecule has 4 rings (SSSR count). The molecule has 0 saturated carbocycles. The van der Waals surface area contributed by atoms with Gasteiger partial charge in [0.15, 0.2) is 6.10 Å². The number of hydroxylamine groups is 1. The average molecular weight is 415 g/mol. The number of pyridine rings is 1. The third-order valence-electron chi connectivity index (χ3n) is 4.89. The quantitative estimate of drug-likeness (QED) is 0.600. The minimum atomic E-state index is -0.754. The highest BCUT2D eigenvalue weighted by atomic mass is 16.7. The Bertz CT molecular complexity index is 1110. The van der Waals surface area contributed by atoms with Gasteiger partial charge in [-0.3, -0.25) is 24.9 Å². The number of rotatable bonds is 6. The summed E-state index contributed by atoms with van der Waals surface area (Å²) in [4.78, 5) is 33.7. The molecule has 156 valence electrons. The molecule has 1 amide bonds. The number of methoxy groups -OCH3 is 1. The summed E-state index contributed by atoms with van der Waals surface area (Å²) in [7, 11) is 1.38. The van der Waals surface area contributed by atoms with Crippen molar-refractivity contribution < 1.29 is 19.2 Å². The Hall–Kier alpha value is -3.97. The largest absolute Gasteiger partial charge is 0.469 e. The lowest BCUT2D eigenvalue weighted by Crippen LogP contribution is -2.28. The third kappa shape index (κ3) is 4.79. The molecule has 1 aliphatic rings. The van der Waals surface area contributed by atoms with Gasteiger partial charge in [-0.25, -0.2) is 0 Å². The van der Waals surface area contributed by atoms with Gasteiger partial charge in [-0.05, 0) is 47.0 Å². The lowest BCUT2D eigenvalue weighted by atomic mass is 9.97. The SMILES string of the molecule is COC(=O)Cc1ccccc1-c1ccc(NC(=O)C2C=C(c3cccnc3)NO2)cc1. The predicted octanol–water partition coefficient (Wildman–Crippen LogP) is 3.35. The number of carbonyl (C=O) groups excluding carboxylic acids is 2. The van der Waals surface area contributed by atoms with Crippen molar-refractivity contribution >= 4 is 23.3 Å². The second-order valence-corrected chi connectivity index (χ2v) is 6.94. The lowest BCUT2D eigenvalue weighted by Gasteiger charge is -2.11. The molecule has 7 nitrogen and oxygen atoms in total. The molecule has 0 aliphatic carbocycles. The van der Waals surface area contributed by atoms with E-state index in [2.05, 4.69) is 15.8 Å². The van der Waals surface area contributed by atoms with E-state index in [9.17, 15) is 9.59 Å². The van der Waals surface area contributed by atoms with Gasteiger partial charge < -0.3 is 10.1 Å². The first-order valence-electron chi connectivity index (χ1n) is 9.74. The summed E-state index contributed by atoms with van der Waals surface area (Å²) in [6.45, 7) is 0. The Kier molecular flexibility index (Phi) is 6.05. The molecule has 1 unspecified atom stereocenters. The molecular formula is C24H21N3O4. The van der Waals surface area contributed by atoms with Crippen molar-refractivity contribution in [1.29, 1.82) is 0 Å². The van der Waals surface area contributed by atoms with E-state index < -0.39 is 6.10 Å². The molecular weight excluding hydrogens is 394 g/mol. The van der Waals surface area contributed by atoms with Crippen LogP contribution >= 0.6 is 0 Å². The number of anilines is 1. The number of nitrogens with zero attached hydrogens (tertiary/aromatic N) is 1. The van der Waals surface area contributed by atoms with Crippen LogP contribution in [0.2, 0.25) is 0 Å². The van der Waals surface area contributed by atoms with Gasteiger partial charge in [-0.2, -0.15) is 0 Å². The van der Waals surface area contributed by atoms with Gasteiger partial charge in [0, 0.05) is 23.6 Å². The van der Waals surface area contributed by atoms with E-state index >= 15 is 0 Å². The average Bonchev–Trinajstić information content (AvgIpc) is 3.31. The number of amides is 1. The molecule has 7 heteroatoms. The maximum Gasteiger partial charge on any atom is 0.309 e. The van der Waals surface area contributed by atoms with Crippen LogP contribution < -0.4 is 10.8 Å². The zero-order valence-corrected chi connectivity index (χ0v) is 16.9. The zero-order valence-electron chi connectivity index (χ0n) is 16.9. The van der Waals surface area contributed by atoms with Crippen LogP contribution in [0.25, 0.3) is 16.8 Å². The molecule has 2 aromatic carbocycles.